The molecule has 0 bridgehead atoms. The van der Waals surface area contributed by atoms with Crippen LogP contribution in [-0.4, -0.2) is 18.0 Å². The number of rotatable bonds is 5. The van der Waals surface area contributed by atoms with Gasteiger partial charge in [-0.3, -0.25) is 4.79 Å². The molecule has 0 fully saturated rings. The largest absolute Gasteiger partial charge is 0.350 e. The van der Waals surface area contributed by atoms with E-state index in [4.69, 9.17) is 0 Å². The zero-order chi connectivity index (χ0) is 13.6. The first-order valence-corrected chi connectivity index (χ1v) is 6.48. The van der Waals surface area contributed by atoms with Gasteiger partial charge in [0, 0.05) is 18.5 Å². The van der Waals surface area contributed by atoms with Crippen LogP contribution in [0.4, 0.5) is 0 Å². The fraction of sp³-hybridized carbons (Fsp3) is 0.533. The molecule has 3 heteroatoms. The fourth-order valence-electron chi connectivity index (χ4n) is 1.69. The molecule has 0 aliphatic rings. The molecular formula is C15H24N2O. The SMILES string of the molecule is C[C@@H](NC(=O)CCNC(C)(C)C)c1ccccc1. The number of amides is 1. The van der Waals surface area contributed by atoms with E-state index >= 15 is 0 Å². The summed E-state index contributed by atoms with van der Waals surface area (Å²) in [4.78, 5) is 11.8. The Balaban J connectivity index is 2.32. The summed E-state index contributed by atoms with van der Waals surface area (Å²) in [5.74, 6) is 0.0862. The molecule has 0 saturated heterocycles. The Morgan fingerprint density at radius 2 is 1.83 bits per heavy atom. The Morgan fingerprint density at radius 3 is 2.39 bits per heavy atom. The van der Waals surface area contributed by atoms with Crippen LogP contribution in [0.5, 0.6) is 0 Å². The maximum absolute atomic E-state index is 11.8. The van der Waals surface area contributed by atoms with Crippen LogP contribution in [0.2, 0.25) is 0 Å². The monoisotopic (exact) mass is 248 g/mol. The van der Waals surface area contributed by atoms with E-state index in [9.17, 15) is 4.79 Å². The number of carbonyl (C=O) groups excluding carboxylic acids is 1. The molecule has 1 amide bonds. The number of benzene rings is 1. The van der Waals surface area contributed by atoms with E-state index in [-0.39, 0.29) is 17.5 Å². The van der Waals surface area contributed by atoms with Crippen LogP contribution in [0.3, 0.4) is 0 Å². The molecule has 0 heterocycles. The molecule has 18 heavy (non-hydrogen) atoms. The second-order valence-corrected chi connectivity index (χ2v) is 5.63. The number of nitrogens with one attached hydrogen (secondary N) is 2. The van der Waals surface area contributed by atoms with Gasteiger partial charge in [0.1, 0.15) is 0 Å². The lowest BCUT2D eigenvalue weighted by molar-refractivity contribution is -0.121. The van der Waals surface area contributed by atoms with E-state index in [0.717, 1.165) is 5.56 Å². The first kappa shape index (κ1) is 14.7. The quantitative estimate of drug-likeness (QED) is 0.841. The van der Waals surface area contributed by atoms with E-state index in [1.165, 1.54) is 0 Å². The van der Waals surface area contributed by atoms with E-state index in [1.807, 2.05) is 37.3 Å². The molecule has 0 aromatic heterocycles. The Hall–Kier alpha value is -1.35. The lowest BCUT2D eigenvalue weighted by Gasteiger charge is -2.20. The molecule has 3 nitrogen and oxygen atoms in total. The summed E-state index contributed by atoms with van der Waals surface area (Å²) >= 11 is 0. The highest BCUT2D eigenvalue weighted by Gasteiger charge is 2.11. The minimum absolute atomic E-state index is 0.0608. The molecule has 0 unspecified atom stereocenters. The van der Waals surface area contributed by atoms with Gasteiger partial charge < -0.3 is 10.6 Å². The smallest absolute Gasteiger partial charge is 0.221 e. The van der Waals surface area contributed by atoms with Gasteiger partial charge in [0.2, 0.25) is 5.91 Å². The van der Waals surface area contributed by atoms with Gasteiger partial charge in [-0.15, -0.1) is 0 Å². The van der Waals surface area contributed by atoms with Crippen molar-refractivity contribution in [3.05, 3.63) is 35.9 Å². The fourth-order valence-corrected chi connectivity index (χ4v) is 1.69. The molecule has 0 aliphatic carbocycles. The van der Waals surface area contributed by atoms with Crippen LogP contribution >= 0.6 is 0 Å². The van der Waals surface area contributed by atoms with E-state index in [1.54, 1.807) is 0 Å². The van der Waals surface area contributed by atoms with Gasteiger partial charge in [-0.25, -0.2) is 0 Å². The third-order valence-electron chi connectivity index (χ3n) is 2.68. The molecule has 1 atom stereocenters. The first-order valence-electron chi connectivity index (χ1n) is 6.48. The zero-order valence-corrected chi connectivity index (χ0v) is 11.8. The topological polar surface area (TPSA) is 41.1 Å². The summed E-state index contributed by atoms with van der Waals surface area (Å²) < 4.78 is 0. The summed E-state index contributed by atoms with van der Waals surface area (Å²) in [5.41, 5.74) is 1.19. The summed E-state index contributed by atoms with van der Waals surface area (Å²) in [6.07, 6.45) is 0.508. The minimum Gasteiger partial charge on any atom is -0.350 e. The number of carbonyl (C=O) groups is 1. The second kappa shape index (κ2) is 6.55. The maximum Gasteiger partial charge on any atom is 0.221 e. The Labute approximate surface area is 110 Å². The van der Waals surface area contributed by atoms with Crippen molar-refractivity contribution in [3.8, 4) is 0 Å². The predicted octanol–water partition coefficient (Wildman–Crippen LogP) is 2.64. The Kier molecular flexibility index (Phi) is 5.35. The van der Waals surface area contributed by atoms with Crippen LogP contribution < -0.4 is 10.6 Å². The van der Waals surface area contributed by atoms with Crippen LogP contribution in [-0.2, 0) is 4.79 Å². The normalized spacial score (nSPS) is 13.1. The highest BCUT2D eigenvalue weighted by molar-refractivity contribution is 5.76. The molecule has 0 radical (unpaired) electrons. The molecule has 100 valence electrons. The van der Waals surface area contributed by atoms with Crippen LogP contribution in [0.15, 0.2) is 30.3 Å². The lowest BCUT2D eigenvalue weighted by atomic mass is 10.1. The summed E-state index contributed by atoms with van der Waals surface area (Å²) in [6.45, 7) is 8.99. The standard InChI is InChI=1S/C15H24N2O/c1-12(13-8-6-5-7-9-13)17-14(18)10-11-16-15(2,3)4/h5-9,12,16H,10-11H2,1-4H3,(H,17,18)/t12-/m1/s1. The van der Waals surface area contributed by atoms with E-state index in [0.29, 0.717) is 13.0 Å². The third-order valence-corrected chi connectivity index (χ3v) is 2.68. The highest BCUT2D eigenvalue weighted by Crippen LogP contribution is 2.11. The second-order valence-electron chi connectivity index (χ2n) is 5.63. The van der Waals surface area contributed by atoms with Crippen LogP contribution in [0.25, 0.3) is 0 Å². The van der Waals surface area contributed by atoms with Crippen molar-refractivity contribution >= 4 is 5.91 Å². The van der Waals surface area contributed by atoms with Gasteiger partial charge >= 0.3 is 0 Å². The van der Waals surface area contributed by atoms with Gasteiger partial charge in [0.15, 0.2) is 0 Å². The summed E-state index contributed by atoms with van der Waals surface area (Å²) in [6, 6.07) is 10.1. The van der Waals surface area contributed by atoms with Gasteiger partial charge in [-0.1, -0.05) is 30.3 Å². The Bertz CT molecular complexity index is 368. The van der Waals surface area contributed by atoms with Gasteiger partial charge in [-0.05, 0) is 33.3 Å². The van der Waals surface area contributed by atoms with Gasteiger partial charge in [0.25, 0.3) is 0 Å². The Morgan fingerprint density at radius 1 is 1.22 bits per heavy atom. The van der Waals surface area contributed by atoms with Crippen LogP contribution in [0.1, 0.15) is 45.7 Å². The lowest BCUT2D eigenvalue weighted by Crippen LogP contribution is -2.38. The van der Waals surface area contributed by atoms with E-state index < -0.39 is 0 Å². The molecular weight excluding hydrogens is 224 g/mol. The number of hydrogen-bond acceptors (Lipinski definition) is 2. The summed E-state index contributed by atoms with van der Waals surface area (Å²) in [5, 5.41) is 6.31. The van der Waals surface area contributed by atoms with Crippen molar-refractivity contribution in [2.75, 3.05) is 6.54 Å². The minimum atomic E-state index is 0.0608. The molecule has 0 saturated carbocycles. The summed E-state index contributed by atoms with van der Waals surface area (Å²) in [7, 11) is 0. The molecule has 0 aliphatic heterocycles. The maximum atomic E-state index is 11.8. The van der Waals surface area contributed by atoms with Gasteiger partial charge in [-0.2, -0.15) is 0 Å². The molecule has 2 N–H and O–H groups in total. The van der Waals surface area contributed by atoms with Crippen molar-refractivity contribution in [1.82, 2.24) is 10.6 Å². The van der Waals surface area contributed by atoms with Crippen molar-refractivity contribution in [3.63, 3.8) is 0 Å². The highest BCUT2D eigenvalue weighted by atomic mass is 16.1. The average molecular weight is 248 g/mol. The molecule has 1 aromatic rings. The molecule has 1 aromatic carbocycles. The third kappa shape index (κ3) is 5.82. The van der Waals surface area contributed by atoms with Crippen molar-refractivity contribution in [2.24, 2.45) is 0 Å². The average Bonchev–Trinajstić information content (AvgIpc) is 2.28. The zero-order valence-electron chi connectivity index (χ0n) is 11.8. The number of hydrogen-bond donors (Lipinski definition) is 2. The first-order chi connectivity index (χ1) is 8.38. The van der Waals surface area contributed by atoms with Crippen LogP contribution in [0, 0.1) is 0 Å². The predicted molar refractivity (Wildman–Crippen MR) is 75.4 cm³/mol. The van der Waals surface area contributed by atoms with Crippen molar-refractivity contribution in [2.45, 2.75) is 45.7 Å². The van der Waals surface area contributed by atoms with E-state index in [2.05, 4.69) is 31.4 Å². The van der Waals surface area contributed by atoms with Crippen molar-refractivity contribution in [1.29, 1.82) is 0 Å². The molecule has 1 rings (SSSR count). The molecule has 0 spiro atoms. The van der Waals surface area contributed by atoms with Crippen molar-refractivity contribution < 1.29 is 4.79 Å². The van der Waals surface area contributed by atoms with Gasteiger partial charge in [0.05, 0.1) is 6.04 Å².